The van der Waals surface area contributed by atoms with Crippen LogP contribution >= 0.6 is 0 Å². The van der Waals surface area contributed by atoms with Crippen LogP contribution < -0.4 is 10.3 Å². The largest absolute Gasteiger partial charge is 0.497 e. The number of furan rings is 1. The maximum absolute atomic E-state index is 13.1. The molecular weight excluding hydrogens is 372 g/mol. The van der Waals surface area contributed by atoms with Gasteiger partial charge in [-0.25, -0.2) is 0 Å². The summed E-state index contributed by atoms with van der Waals surface area (Å²) in [6.45, 7) is 1.74. The quantitative estimate of drug-likeness (QED) is 0.678. The molecule has 1 saturated heterocycles. The Bertz CT molecular complexity index is 1120. The molecule has 0 aliphatic carbocycles. The van der Waals surface area contributed by atoms with E-state index >= 15 is 0 Å². The van der Waals surface area contributed by atoms with Crippen LogP contribution in [0.25, 0.3) is 11.3 Å². The molecule has 8 nitrogen and oxygen atoms in total. The van der Waals surface area contributed by atoms with Gasteiger partial charge in [-0.05, 0) is 43.2 Å². The van der Waals surface area contributed by atoms with Crippen LogP contribution in [-0.2, 0) is 12.0 Å². The maximum Gasteiger partial charge on any atom is 0.280 e. The lowest BCUT2D eigenvalue weighted by Gasteiger charge is -2.22. The van der Waals surface area contributed by atoms with Gasteiger partial charge in [0.1, 0.15) is 17.8 Å². The molecule has 1 atom stereocenters. The van der Waals surface area contributed by atoms with Crippen molar-refractivity contribution in [3.8, 4) is 17.0 Å². The molecule has 2 aliphatic heterocycles. The van der Waals surface area contributed by atoms with Crippen LogP contribution in [0.4, 0.5) is 0 Å². The smallest absolute Gasteiger partial charge is 0.280 e. The first-order valence-corrected chi connectivity index (χ1v) is 9.55. The first kappa shape index (κ1) is 17.7. The molecule has 0 N–H and O–H groups in total. The second-order valence-electron chi connectivity index (χ2n) is 7.58. The van der Waals surface area contributed by atoms with Gasteiger partial charge in [-0.2, -0.15) is 0 Å². The number of benzene rings is 1. The van der Waals surface area contributed by atoms with E-state index in [0.29, 0.717) is 42.3 Å². The fourth-order valence-corrected chi connectivity index (χ4v) is 4.39. The van der Waals surface area contributed by atoms with Crippen molar-refractivity contribution >= 4 is 5.91 Å². The highest BCUT2D eigenvalue weighted by molar-refractivity contribution is 5.94. The van der Waals surface area contributed by atoms with Crippen molar-refractivity contribution in [2.75, 3.05) is 20.2 Å². The van der Waals surface area contributed by atoms with Gasteiger partial charge in [-0.3, -0.25) is 14.2 Å². The monoisotopic (exact) mass is 392 g/mol. The maximum atomic E-state index is 13.1. The molecule has 1 amide bonds. The predicted octanol–water partition coefficient (Wildman–Crippen LogP) is 2.09. The molecule has 1 unspecified atom stereocenters. The van der Waals surface area contributed by atoms with E-state index in [4.69, 9.17) is 9.15 Å². The molecule has 2 aliphatic rings. The van der Waals surface area contributed by atoms with Gasteiger partial charge in [0.15, 0.2) is 5.69 Å². The molecule has 8 heteroatoms. The Hall–Kier alpha value is -3.42. The number of ether oxygens (including phenoxy) is 1. The second-order valence-corrected chi connectivity index (χ2v) is 7.58. The molecule has 0 bridgehead atoms. The topological polar surface area (TPSA) is 90.5 Å². The van der Waals surface area contributed by atoms with Crippen molar-refractivity contribution in [3.63, 3.8) is 0 Å². The molecule has 5 rings (SSSR count). The zero-order valence-corrected chi connectivity index (χ0v) is 16.0. The van der Waals surface area contributed by atoms with Crippen molar-refractivity contribution < 1.29 is 13.9 Å². The van der Waals surface area contributed by atoms with E-state index in [2.05, 4.69) is 10.2 Å². The van der Waals surface area contributed by atoms with Crippen molar-refractivity contribution in [1.29, 1.82) is 0 Å². The van der Waals surface area contributed by atoms with Gasteiger partial charge in [-0.1, -0.05) is 0 Å². The molecule has 1 spiro atoms. The number of carbonyl (C=O) groups excluding carboxylic acids is 1. The number of hydrogen-bond donors (Lipinski definition) is 0. The average Bonchev–Trinajstić information content (AvgIpc) is 3.50. The number of amides is 1. The van der Waals surface area contributed by atoms with Gasteiger partial charge in [0.05, 0.1) is 24.4 Å². The fraction of sp³-hybridized carbons (Fsp3) is 0.333. The van der Waals surface area contributed by atoms with Crippen LogP contribution in [0.2, 0.25) is 0 Å². The summed E-state index contributed by atoms with van der Waals surface area (Å²) < 4.78 is 11.9. The number of carbonyl (C=O) groups is 1. The zero-order chi connectivity index (χ0) is 20.0. The summed E-state index contributed by atoms with van der Waals surface area (Å²) in [6, 6.07) is 8.88. The number of fused-ring (bicyclic) bond motifs is 2. The third-order valence-corrected chi connectivity index (χ3v) is 6.01. The summed E-state index contributed by atoms with van der Waals surface area (Å²) in [4.78, 5) is 27.6. The van der Waals surface area contributed by atoms with Gasteiger partial charge < -0.3 is 14.1 Å². The number of hydrogen-bond acceptors (Lipinski definition) is 6. The second kappa shape index (κ2) is 6.58. The summed E-state index contributed by atoms with van der Waals surface area (Å²) in [5.41, 5.74) is 1.12. The summed E-state index contributed by atoms with van der Waals surface area (Å²) in [5.74, 6) is 1.34. The highest BCUT2D eigenvalue weighted by Gasteiger charge is 2.48. The summed E-state index contributed by atoms with van der Waals surface area (Å²) in [5, 5.41) is 8.73. The van der Waals surface area contributed by atoms with Crippen molar-refractivity contribution in [2.24, 2.45) is 0 Å². The Morgan fingerprint density at radius 3 is 2.66 bits per heavy atom. The zero-order valence-electron chi connectivity index (χ0n) is 16.0. The Kier molecular flexibility index (Phi) is 4.01. The normalized spacial score (nSPS) is 20.2. The number of methoxy groups -OCH3 is 1. The van der Waals surface area contributed by atoms with Crippen LogP contribution in [-0.4, -0.2) is 45.8 Å². The predicted molar refractivity (Wildman–Crippen MR) is 104 cm³/mol. The first-order chi connectivity index (χ1) is 14.1. The van der Waals surface area contributed by atoms with Crippen LogP contribution in [0.1, 0.15) is 29.0 Å². The lowest BCUT2D eigenvalue weighted by Crippen LogP contribution is -2.35. The van der Waals surface area contributed by atoms with E-state index in [-0.39, 0.29) is 16.9 Å². The summed E-state index contributed by atoms with van der Waals surface area (Å²) >= 11 is 0. The van der Waals surface area contributed by atoms with Crippen LogP contribution in [0.5, 0.6) is 5.75 Å². The molecule has 0 radical (unpaired) electrons. The minimum absolute atomic E-state index is 0.0563. The Morgan fingerprint density at radius 2 is 1.93 bits per heavy atom. The fourth-order valence-electron chi connectivity index (χ4n) is 4.39. The Morgan fingerprint density at radius 1 is 1.14 bits per heavy atom. The Labute approximate surface area is 166 Å². The molecule has 3 aromatic rings. The van der Waals surface area contributed by atoms with Crippen molar-refractivity contribution in [2.45, 2.75) is 24.8 Å². The third kappa shape index (κ3) is 2.74. The van der Waals surface area contributed by atoms with Gasteiger partial charge in [0.25, 0.3) is 11.5 Å². The molecule has 1 fully saturated rings. The van der Waals surface area contributed by atoms with E-state index in [9.17, 15) is 9.59 Å². The molecule has 4 heterocycles. The highest BCUT2D eigenvalue weighted by atomic mass is 16.5. The highest BCUT2D eigenvalue weighted by Crippen LogP contribution is 2.41. The molecule has 2 aromatic heterocycles. The SMILES string of the molecule is COc1ccc(-c2nnc3n(c2=O)CCC32CCN(C(=O)c3ccoc3)C2)cc1. The molecule has 148 valence electrons. The number of nitrogens with zero attached hydrogens (tertiary/aromatic N) is 4. The first-order valence-electron chi connectivity index (χ1n) is 9.55. The average molecular weight is 392 g/mol. The molecule has 0 saturated carbocycles. The van der Waals surface area contributed by atoms with Gasteiger partial charge in [0.2, 0.25) is 0 Å². The minimum atomic E-state index is -0.315. The van der Waals surface area contributed by atoms with Gasteiger partial charge in [-0.15, -0.1) is 10.2 Å². The van der Waals surface area contributed by atoms with Crippen LogP contribution in [0, 0.1) is 0 Å². The minimum Gasteiger partial charge on any atom is -0.497 e. The lowest BCUT2D eigenvalue weighted by molar-refractivity contribution is 0.0782. The summed E-state index contributed by atoms with van der Waals surface area (Å²) in [6.07, 6.45) is 4.50. The molecular formula is C21H20N4O4. The van der Waals surface area contributed by atoms with Crippen molar-refractivity contribution in [1.82, 2.24) is 19.7 Å². The van der Waals surface area contributed by atoms with E-state index in [0.717, 1.165) is 18.6 Å². The number of rotatable bonds is 3. The van der Waals surface area contributed by atoms with E-state index < -0.39 is 0 Å². The standard InChI is InChI=1S/C21H20N4O4/c1-28-16-4-2-14(3-5-16)17-19(27)25-10-8-21(20(25)23-22-17)7-9-24(13-21)18(26)15-6-11-29-12-15/h2-6,11-12H,7-10,13H2,1H3. The number of likely N-dealkylation sites (tertiary alicyclic amines) is 1. The van der Waals surface area contributed by atoms with Crippen LogP contribution in [0.3, 0.4) is 0 Å². The summed E-state index contributed by atoms with van der Waals surface area (Å²) in [7, 11) is 1.60. The van der Waals surface area contributed by atoms with E-state index in [1.807, 2.05) is 17.0 Å². The molecule has 29 heavy (non-hydrogen) atoms. The van der Waals surface area contributed by atoms with E-state index in [1.54, 1.807) is 29.9 Å². The van der Waals surface area contributed by atoms with Gasteiger partial charge in [0, 0.05) is 25.2 Å². The van der Waals surface area contributed by atoms with Crippen LogP contribution in [0.15, 0.2) is 52.1 Å². The Balaban J connectivity index is 1.45. The lowest BCUT2D eigenvalue weighted by atomic mass is 9.85. The molecule has 1 aromatic carbocycles. The number of aromatic nitrogens is 3. The van der Waals surface area contributed by atoms with Gasteiger partial charge >= 0.3 is 0 Å². The van der Waals surface area contributed by atoms with E-state index in [1.165, 1.54) is 12.5 Å². The van der Waals surface area contributed by atoms with Crippen molar-refractivity contribution in [3.05, 3.63) is 64.6 Å². The third-order valence-electron chi connectivity index (χ3n) is 6.01.